The molecule has 0 aliphatic carbocycles. The first kappa shape index (κ1) is 42.7. The summed E-state index contributed by atoms with van der Waals surface area (Å²) in [5.41, 5.74) is 8.95. The van der Waals surface area contributed by atoms with Crippen molar-refractivity contribution in [3.63, 3.8) is 0 Å². The van der Waals surface area contributed by atoms with Crippen LogP contribution in [0.2, 0.25) is 0 Å². The summed E-state index contributed by atoms with van der Waals surface area (Å²) in [5.74, 6) is -0.499. The van der Waals surface area contributed by atoms with E-state index in [1.165, 1.54) is 22.5 Å². The van der Waals surface area contributed by atoms with Crippen LogP contribution in [0.3, 0.4) is 0 Å². The van der Waals surface area contributed by atoms with Gasteiger partial charge >= 0.3 is 28.8 Å². The van der Waals surface area contributed by atoms with E-state index in [0.29, 0.717) is 0 Å². The van der Waals surface area contributed by atoms with Gasteiger partial charge in [-0.15, -0.1) is 5.10 Å². The van der Waals surface area contributed by atoms with Crippen LogP contribution in [0.25, 0.3) is 22.3 Å². The summed E-state index contributed by atoms with van der Waals surface area (Å²) < 4.78 is 68.4. The number of nitrogen functional groups attached to an aromatic ring is 2. The van der Waals surface area contributed by atoms with Gasteiger partial charge in [-0.25, -0.2) is 28.1 Å². The number of phosphoric ester groups is 1. The first-order chi connectivity index (χ1) is 27.6. The molecule has 5 aromatic rings. The molecule has 5 aromatic heterocycles. The third-order valence-corrected chi connectivity index (χ3v) is 13.1. The second-order valence-corrected chi connectivity index (χ2v) is 18.0. The van der Waals surface area contributed by atoms with Gasteiger partial charge in [-0.05, 0) is 0 Å². The van der Waals surface area contributed by atoms with E-state index in [2.05, 4.69) is 44.6 Å². The smallest absolute Gasteiger partial charge is 0.387 e. The average Bonchev–Trinajstić information content (AvgIpc) is 3.96. The zero-order valence-electron chi connectivity index (χ0n) is 29.9. The minimum absolute atomic E-state index is 0.0266. The number of H-pyrrole nitrogens is 2. The monoisotopic (exact) mass is 897 g/mol. The molecule has 0 amide bonds. The number of aromatic nitrogens is 11. The van der Waals surface area contributed by atoms with Gasteiger partial charge in [-0.3, -0.25) is 47.0 Å². The number of nitrogens with zero attached hydrogens (tertiary/aromatic N) is 9. The van der Waals surface area contributed by atoms with Crippen LogP contribution < -0.4 is 37.7 Å². The van der Waals surface area contributed by atoms with Crippen molar-refractivity contribution in [2.75, 3.05) is 31.2 Å². The molecule has 2 aliphatic rings. The number of nitrogens with one attached hydrogen (secondary N) is 3. The van der Waals surface area contributed by atoms with Crippen LogP contribution in [0, 0.1) is 0 Å². The number of aliphatic hydroxyl groups excluding tert-OH is 4. The lowest BCUT2D eigenvalue weighted by molar-refractivity contribution is -0.745. The fourth-order valence-electron chi connectivity index (χ4n) is 6.20. The molecule has 0 bridgehead atoms. The number of ether oxygens (including phenoxy) is 2. The molecule has 322 valence electrons. The molecule has 7 heterocycles. The molecule has 0 saturated carbocycles. The Hall–Kier alpha value is -4.39. The SMILES string of the molecule is Cn1c[n+]([C@@H]2O[C@H](COP(=O)(O)NCCn3cc(P(=O)(O)OP(=O)(O)OC[C@H]4O[C@@H](n5cnc6c(=O)[nH]c(N)nc65)[C@@H](O)C4O)nn3)[C@H](O)C2O)c2nc(N)[nH]c(=O)c21. The lowest BCUT2D eigenvalue weighted by Crippen LogP contribution is -2.46. The number of fused-ring (bicyclic) bond motifs is 2. The number of imidazole rings is 2. The van der Waals surface area contributed by atoms with E-state index in [9.17, 15) is 58.4 Å². The Balaban J connectivity index is 0.890. The van der Waals surface area contributed by atoms with E-state index >= 15 is 0 Å². The molecule has 0 radical (unpaired) electrons. The Labute approximate surface area is 326 Å². The molecule has 2 fully saturated rings. The van der Waals surface area contributed by atoms with E-state index in [0.717, 1.165) is 21.8 Å². The van der Waals surface area contributed by atoms with Gasteiger partial charge in [0.1, 0.15) is 36.6 Å². The van der Waals surface area contributed by atoms with Gasteiger partial charge in [-0.1, -0.05) is 10.2 Å². The molecule has 5 unspecified atom stereocenters. The summed E-state index contributed by atoms with van der Waals surface area (Å²) in [6.45, 7) is -2.35. The van der Waals surface area contributed by atoms with Crippen LogP contribution >= 0.6 is 23.2 Å². The normalized spacial score (nSPS) is 27.9. The molecule has 11 atom stereocenters. The summed E-state index contributed by atoms with van der Waals surface area (Å²) >= 11 is 0. The van der Waals surface area contributed by atoms with Crippen LogP contribution in [-0.4, -0.2) is 141 Å². The molecule has 34 heteroatoms. The van der Waals surface area contributed by atoms with Gasteiger partial charge in [-0.2, -0.15) is 4.98 Å². The van der Waals surface area contributed by atoms with Crippen LogP contribution in [0.4, 0.5) is 11.9 Å². The first-order valence-electron chi connectivity index (χ1n) is 16.8. The third-order valence-electron chi connectivity index (χ3n) is 8.96. The van der Waals surface area contributed by atoms with Crippen molar-refractivity contribution in [1.29, 1.82) is 0 Å². The second-order valence-electron chi connectivity index (χ2n) is 13.1. The average molecular weight is 898 g/mol. The summed E-state index contributed by atoms with van der Waals surface area (Å²) in [6, 6.07) is 0. The topological polar surface area (TPSA) is 452 Å². The van der Waals surface area contributed by atoms with E-state index in [1.54, 1.807) is 0 Å². The molecule has 0 aromatic carbocycles. The largest absolute Gasteiger partial charge is 0.479 e. The van der Waals surface area contributed by atoms with Crippen molar-refractivity contribution in [3.05, 3.63) is 39.6 Å². The van der Waals surface area contributed by atoms with Gasteiger partial charge in [0, 0.05) is 6.54 Å². The van der Waals surface area contributed by atoms with E-state index in [-0.39, 0.29) is 47.3 Å². The van der Waals surface area contributed by atoms with Crippen molar-refractivity contribution >= 4 is 62.8 Å². The molecule has 7 rings (SSSR count). The summed E-state index contributed by atoms with van der Waals surface area (Å²) in [5, 5.41) is 51.6. The lowest BCUT2D eigenvalue weighted by atomic mass is 10.1. The van der Waals surface area contributed by atoms with Crippen molar-refractivity contribution in [3.8, 4) is 0 Å². The Kier molecular flexibility index (Phi) is 11.5. The Morgan fingerprint density at radius 1 is 0.932 bits per heavy atom. The maximum absolute atomic E-state index is 12.9. The van der Waals surface area contributed by atoms with Gasteiger partial charge < -0.3 is 56.0 Å². The van der Waals surface area contributed by atoms with Crippen molar-refractivity contribution in [2.45, 2.75) is 55.6 Å². The number of hydrogen-bond acceptors (Lipinski definition) is 21. The number of rotatable bonds is 15. The molecular weight excluding hydrogens is 861 g/mol. The highest BCUT2D eigenvalue weighted by Crippen LogP contribution is 2.59. The van der Waals surface area contributed by atoms with E-state index in [4.69, 9.17) is 30.0 Å². The standard InChI is InChI=1S/C25H35N14O17P3/c1-36-8-39(19-13(36)21(45)33-25(27)31-19)23-17(43)14(40)9(55-23)5-52-58(48,49)29-2-3-37-4-11(34-35-37)57(46,47)56-59(50,51)53-6-10-15(41)16(42)22(54-10)38-7-28-12-18(38)30-24(26)32-20(12)44/h4,7-10,14-17,22-23,40-43H,2-3,5-6H2,1H3,(H9-,26,27,29,30,31,32,33,44,45,46,47,48,49,50,51)/p+1/t9-,10-,14+,15?,16+,17?,22-,23-/m1/s1. The minimum atomic E-state index is -5.43. The van der Waals surface area contributed by atoms with Crippen molar-refractivity contribution in [1.82, 2.24) is 54.1 Å². The van der Waals surface area contributed by atoms with Crippen LogP contribution in [0.1, 0.15) is 12.5 Å². The summed E-state index contributed by atoms with van der Waals surface area (Å²) in [7, 11) is -13.8. The molecule has 14 N–H and O–H groups in total. The quantitative estimate of drug-likeness (QED) is 0.0344. The van der Waals surface area contributed by atoms with Crippen LogP contribution in [-0.2, 0) is 50.1 Å². The maximum Gasteiger partial charge on any atom is 0.479 e. The van der Waals surface area contributed by atoms with Gasteiger partial charge in [0.15, 0.2) is 29.2 Å². The van der Waals surface area contributed by atoms with E-state index in [1.807, 2.05) is 0 Å². The van der Waals surface area contributed by atoms with E-state index < -0.39 is 102 Å². The molecule has 2 aliphatic heterocycles. The number of aryl methyl sites for hydroxylation is 1. The predicted molar refractivity (Wildman–Crippen MR) is 190 cm³/mol. The Bertz CT molecular complexity index is 2650. The zero-order chi connectivity index (χ0) is 42.8. The highest BCUT2D eigenvalue weighted by molar-refractivity contribution is 7.69. The maximum atomic E-state index is 12.9. The number of hydrogen-bond donors (Lipinski definition) is 12. The number of nitrogens with two attached hydrogens (primary N) is 2. The number of aliphatic hydroxyl groups is 4. The summed E-state index contributed by atoms with van der Waals surface area (Å²) in [4.78, 5) is 71.8. The molecule has 0 spiro atoms. The van der Waals surface area contributed by atoms with Gasteiger partial charge in [0.05, 0.1) is 39.3 Å². The third kappa shape index (κ3) is 8.63. The number of anilines is 2. The van der Waals surface area contributed by atoms with Crippen molar-refractivity contribution in [2.24, 2.45) is 7.05 Å². The highest BCUT2D eigenvalue weighted by Gasteiger charge is 2.49. The van der Waals surface area contributed by atoms with Crippen LogP contribution in [0.15, 0.2) is 28.4 Å². The zero-order valence-corrected chi connectivity index (χ0v) is 32.6. The Morgan fingerprint density at radius 2 is 1.59 bits per heavy atom. The molecule has 59 heavy (non-hydrogen) atoms. The molecule has 31 nitrogen and oxygen atoms in total. The first-order valence-corrected chi connectivity index (χ1v) is 21.5. The number of aromatic amines is 2. The fraction of sp³-hybridized carbons (Fsp3) is 0.520. The highest BCUT2D eigenvalue weighted by atomic mass is 31.3. The lowest BCUT2D eigenvalue weighted by Gasteiger charge is -2.18. The Morgan fingerprint density at radius 3 is 2.34 bits per heavy atom. The predicted octanol–water partition coefficient (Wildman–Crippen LogP) is -5.97. The minimum Gasteiger partial charge on any atom is -0.387 e. The fourth-order valence-corrected chi connectivity index (χ4v) is 9.44. The number of phosphoric acid groups is 1. The van der Waals surface area contributed by atoms with Gasteiger partial charge in [0.25, 0.3) is 17.1 Å². The molecule has 2 saturated heterocycles. The second kappa shape index (κ2) is 15.9. The van der Waals surface area contributed by atoms with Crippen molar-refractivity contribution < 1.29 is 76.2 Å². The van der Waals surface area contributed by atoms with Crippen LogP contribution in [0.5, 0.6) is 0 Å². The summed E-state index contributed by atoms with van der Waals surface area (Å²) in [6.07, 6.45) is -8.98. The molecular formula is C25H36N14O17P3+. The van der Waals surface area contributed by atoms with Gasteiger partial charge in [0.2, 0.25) is 17.7 Å².